The topological polar surface area (TPSA) is 18.5 Å². The number of aryl methyl sites for hydroxylation is 2. The van der Waals surface area contributed by atoms with Gasteiger partial charge in [-0.3, -0.25) is 0 Å². The fraction of sp³-hybridized carbons (Fsp3) is 0.333. The van der Waals surface area contributed by atoms with Crippen molar-refractivity contribution in [1.29, 1.82) is 0 Å². The van der Waals surface area contributed by atoms with Gasteiger partial charge in [0.1, 0.15) is 26.0 Å². The van der Waals surface area contributed by atoms with Crippen molar-refractivity contribution in [3.05, 3.63) is 77.4 Å². The number of hydrogen-bond donors (Lipinski definition) is 0. The maximum Gasteiger partial charge on any atom is 0.250 e. The third-order valence-electron chi connectivity index (χ3n) is 6.33. The molecule has 0 N–H and O–H groups in total. The maximum absolute atomic E-state index is 6.56. The lowest BCUT2D eigenvalue weighted by molar-refractivity contribution is 0.306. The molecule has 0 unspecified atom stereocenters. The van der Waals surface area contributed by atoms with Crippen LogP contribution in [-0.2, 0) is 6.61 Å². The first kappa shape index (κ1) is 23.2. The molecule has 0 radical (unpaired) electrons. The number of hydrogen-bond acceptors (Lipinski definition) is 2. The number of benzene rings is 3. The van der Waals surface area contributed by atoms with E-state index in [1.165, 1.54) is 33.3 Å². The molecule has 2 nitrogen and oxygen atoms in total. The van der Waals surface area contributed by atoms with E-state index in [1.807, 2.05) is 12.1 Å². The SMILES string of the molecule is Bc1ccc(OCc2cccc(-c3c(C)cc(O[Si](C)(C)C(C)(C)C)cc3C)c2)cc1. The molecule has 0 aromatic heterocycles. The normalized spacial score (nSPS) is 12.0. The third kappa shape index (κ3) is 5.62. The highest BCUT2D eigenvalue weighted by Crippen LogP contribution is 2.39. The largest absolute Gasteiger partial charge is 0.543 e. The molecule has 0 spiro atoms. The quantitative estimate of drug-likeness (QED) is 0.434. The van der Waals surface area contributed by atoms with Crippen molar-refractivity contribution < 1.29 is 9.16 Å². The van der Waals surface area contributed by atoms with Gasteiger partial charge >= 0.3 is 0 Å². The van der Waals surface area contributed by atoms with Crippen LogP contribution < -0.4 is 14.6 Å². The first-order chi connectivity index (χ1) is 14.5. The van der Waals surface area contributed by atoms with E-state index in [4.69, 9.17) is 9.16 Å². The standard InChI is InChI=1S/C27H35BO2Si/c1-19-15-25(30-31(6,7)27(3,4)5)16-20(2)26(19)22-10-8-9-21(17-22)18-29-24-13-11-23(28)12-14-24/h8-17H,18,28H2,1-7H3. The zero-order valence-electron chi connectivity index (χ0n) is 20.3. The minimum atomic E-state index is -1.86. The second-order valence-corrected chi connectivity index (χ2v) is 14.8. The molecule has 0 atom stereocenters. The van der Waals surface area contributed by atoms with E-state index in [2.05, 4.69) is 104 Å². The molecule has 0 amide bonds. The molecular weight excluding hydrogens is 395 g/mol. The van der Waals surface area contributed by atoms with Crippen LogP contribution in [0.3, 0.4) is 0 Å². The van der Waals surface area contributed by atoms with Gasteiger partial charge in [0, 0.05) is 0 Å². The van der Waals surface area contributed by atoms with E-state index in [9.17, 15) is 0 Å². The summed E-state index contributed by atoms with van der Waals surface area (Å²) in [6.45, 7) is 16.3. The van der Waals surface area contributed by atoms with Crippen molar-refractivity contribution in [3.8, 4) is 22.6 Å². The Labute approximate surface area is 190 Å². The smallest absolute Gasteiger partial charge is 0.250 e. The van der Waals surface area contributed by atoms with E-state index in [1.54, 1.807) is 0 Å². The molecule has 0 saturated heterocycles. The summed E-state index contributed by atoms with van der Waals surface area (Å²) in [6, 6.07) is 21.2. The number of ether oxygens (including phenoxy) is 1. The lowest BCUT2D eigenvalue weighted by atomic mass is 9.94. The Morgan fingerprint density at radius 1 is 0.839 bits per heavy atom. The van der Waals surface area contributed by atoms with Gasteiger partial charge in [-0.2, -0.15) is 0 Å². The lowest BCUT2D eigenvalue weighted by Gasteiger charge is -2.36. The highest BCUT2D eigenvalue weighted by Gasteiger charge is 2.39. The summed E-state index contributed by atoms with van der Waals surface area (Å²) >= 11 is 0. The van der Waals surface area contributed by atoms with Gasteiger partial charge < -0.3 is 9.16 Å². The Morgan fingerprint density at radius 2 is 1.45 bits per heavy atom. The van der Waals surface area contributed by atoms with Crippen molar-refractivity contribution in [2.75, 3.05) is 0 Å². The molecule has 0 aliphatic carbocycles. The Kier molecular flexibility index (Phi) is 6.71. The van der Waals surface area contributed by atoms with Crippen LogP contribution in [0, 0.1) is 13.8 Å². The molecule has 3 rings (SSSR count). The van der Waals surface area contributed by atoms with Crippen LogP contribution in [0.25, 0.3) is 11.1 Å². The summed E-state index contributed by atoms with van der Waals surface area (Å²) in [4.78, 5) is 0. The van der Waals surface area contributed by atoms with Crippen LogP contribution in [0.15, 0.2) is 60.7 Å². The Morgan fingerprint density at radius 3 is 2.03 bits per heavy atom. The van der Waals surface area contributed by atoms with E-state index in [0.717, 1.165) is 11.5 Å². The molecule has 31 heavy (non-hydrogen) atoms. The minimum absolute atomic E-state index is 0.180. The summed E-state index contributed by atoms with van der Waals surface area (Å²) in [5.74, 6) is 1.89. The van der Waals surface area contributed by atoms with E-state index >= 15 is 0 Å². The van der Waals surface area contributed by atoms with Gasteiger partial charge in [0.15, 0.2) is 0 Å². The van der Waals surface area contributed by atoms with Gasteiger partial charge in [0.2, 0.25) is 8.32 Å². The zero-order valence-corrected chi connectivity index (χ0v) is 21.3. The predicted molar refractivity (Wildman–Crippen MR) is 138 cm³/mol. The zero-order chi connectivity index (χ0) is 22.8. The Hall–Kier alpha value is -2.46. The van der Waals surface area contributed by atoms with Crippen molar-refractivity contribution in [3.63, 3.8) is 0 Å². The molecule has 0 aliphatic rings. The molecule has 3 aromatic rings. The number of rotatable bonds is 6. The summed E-state index contributed by atoms with van der Waals surface area (Å²) in [5, 5.41) is 0.180. The molecule has 3 aromatic carbocycles. The summed E-state index contributed by atoms with van der Waals surface area (Å²) in [6.07, 6.45) is 0. The fourth-order valence-corrected chi connectivity index (χ4v) is 4.52. The Bertz CT molecular complexity index is 1030. The van der Waals surface area contributed by atoms with Gasteiger partial charge in [-0.25, -0.2) is 0 Å². The minimum Gasteiger partial charge on any atom is -0.543 e. The third-order valence-corrected chi connectivity index (χ3v) is 10.7. The summed E-state index contributed by atoms with van der Waals surface area (Å²) in [7, 11) is 0.224. The van der Waals surface area contributed by atoms with Gasteiger partial charge in [-0.05, 0) is 90.1 Å². The monoisotopic (exact) mass is 430 g/mol. The first-order valence-electron chi connectivity index (χ1n) is 11.1. The van der Waals surface area contributed by atoms with Crippen LogP contribution in [0.5, 0.6) is 11.5 Å². The summed E-state index contributed by atoms with van der Waals surface area (Å²) in [5.41, 5.74) is 7.38. The van der Waals surface area contributed by atoms with Crippen LogP contribution in [-0.4, -0.2) is 16.2 Å². The van der Waals surface area contributed by atoms with Crippen LogP contribution >= 0.6 is 0 Å². The van der Waals surface area contributed by atoms with E-state index < -0.39 is 8.32 Å². The van der Waals surface area contributed by atoms with Crippen molar-refractivity contribution in [2.45, 2.75) is 59.4 Å². The van der Waals surface area contributed by atoms with Gasteiger partial charge in [0.25, 0.3) is 0 Å². The average molecular weight is 430 g/mol. The van der Waals surface area contributed by atoms with Crippen LogP contribution in [0.4, 0.5) is 0 Å². The van der Waals surface area contributed by atoms with E-state index in [-0.39, 0.29) is 5.04 Å². The summed E-state index contributed by atoms with van der Waals surface area (Å²) < 4.78 is 12.5. The predicted octanol–water partition coefficient (Wildman–Crippen LogP) is 6.19. The van der Waals surface area contributed by atoms with E-state index in [0.29, 0.717) is 6.61 Å². The van der Waals surface area contributed by atoms with Crippen molar-refractivity contribution in [2.24, 2.45) is 0 Å². The molecule has 4 heteroatoms. The second-order valence-electron chi connectivity index (χ2n) is 10.1. The highest BCUT2D eigenvalue weighted by atomic mass is 28.4. The molecule has 0 aliphatic heterocycles. The van der Waals surface area contributed by atoms with Crippen LogP contribution in [0.1, 0.15) is 37.5 Å². The molecule has 0 heterocycles. The van der Waals surface area contributed by atoms with Gasteiger partial charge in [-0.15, -0.1) is 0 Å². The first-order valence-corrected chi connectivity index (χ1v) is 14.0. The fourth-order valence-electron chi connectivity index (χ4n) is 3.50. The maximum atomic E-state index is 6.56. The van der Waals surface area contributed by atoms with Gasteiger partial charge in [0.05, 0.1) is 0 Å². The molecular formula is C27H35BO2Si. The van der Waals surface area contributed by atoms with Crippen molar-refractivity contribution in [1.82, 2.24) is 0 Å². The molecule has 0 saturated carbocycles. The van der Waals surface area contributed by atoms with Crippen molar-refractivity contribution >= 4 is 21.6 Å². The highest BCUT2D eigenvalue weighted by molar-refractivity contribution is 6.74. The molecule has 162 valence electrons. The second kappa shape index (κ2) is 8.96. The van der Waals surface area contributed by atoms with Crippen LogP contribution in [0.2, 0.25) is 18.1 Å². The Balaban J connectivity index is 1.82. The lowest BCUT2D eigenvalue weighted by Crippen LogP contribution is -2.43. The van der Waals surface area contributed by atoms with Gasteiger partial charge in [-0.1, -0.05) is 56.6 Å². The molecule has 0 fully saturated rings. The average Bonchev–Trinajstić information content (AvgIpc) is 2.66. The molecule has 0 bridgehead atoms.